The van der Waals surface area contributed by atoms with E-state index in [2.05, 4.69) is 12.2 Å². The number of hydrogen-bond acceptors (Lipinski definition) is 4. The van der Waals surface area contributed by atoms with Crippen LogP contribution >= 0.6 is 0 Å². The molecule has 3 rings (SSSR count). The molecular weight excluding hydrogens is 266 g/mol. The van der Waals surface area contributed by atoms with Gasteiger partial charge in [0.05, 0.1) is 18.3 Å². The summed E-state index contributed by atoms with van der Waals surface area (Å²) in [5.41, 5.74) is 2.80. The second kappa shape index (κ2) is 6.06. The fourth-order valence-corrected chi connectivity index (χ4v) is 3.32. The van der Waals surface area contributed by atoms with Gasteiger partial charge in [0, 0.05) is 29.8 Å². The molecule has 0 saturated carbocycles. The topological polar surface area (TPSA) is 47.6 Å². The molecule has 4 heteroatoms. The minimum Gasteiger partial charge on any atom is -0.462 e. The minimum absolute atomic E-state index is 0.101. The van der Waals surface area contributed by atoms with Gasteiger partial charge in [-0.1, -0.05) is 6.92 Å². The third kappa shape index (κ3) is 2.77. The number of fused-ring (bicyclic) bond motifs is 3. The van der Waals surface area contributed by atoms with E-state index in [9.17, 15) is 4.79 Å². The molecule has 3 atom stereocenters. The number of ether oxygens (including phenoxy) is 2. The van der Waals surface area contributed by atoms with Crippen molar-refractivity contribution in [3.8, 4) is 0 Å². The highest BCUT2D eigenvalue weighted by Crippen LogP contribution is 2.43. The molecule has 114 valence electrons. The van der Waals surface area contributed by atoms with Crippen molar-refractivity contribution in [2.75, 3.05) is 18.5 Å². The van der Waals surface area contributed by atoms with Gasteiger partial charge in [-0.15, -0.1) is 0 Å². The summed E-state index contributed by atoms with van der Waals surface area (Å²) < 4.78 is 11.2. The summed E-state index contributed by atoms with van der Waals surface area (Å²) in [6.07, 6.45) is 3.22. The number of esters is 1. The zero-order valence-corrected chi connectivity index (χ0v) is 12.7. The molecule has 0 aromatic heterocycles. The summed E-state index contributed by atoms with van der Waals surface area (Å²) >= 11 is 0. The van der Waals surface area contributed by atoms with Crippen molar-refractivity contribution >= 4 is 11.7 Å². The van der Waals surface area contributed by atoms with E-state index in [0.717, 1.165) is 30.7 Å². The normalized spacial score (nSPS) is 27.2. The van der Waals surface area contributed by atoms with Crippen LogP contribution in [0.1, 0.15) is 55.1 Å². The Balaban J connectivity index is 1.88. The van der Waals surface area contributed by atoms with E-state index in [4.69, 9.17) is 9.47 Å². The van der Waals surface area contributed by atoms with Crippen molar-refractivity contribution in [1.29, 1.82) is 0 Å². The lowest BCUT2D eigenvalue weighted by Crippen LogP contribution is -2.39. The molecule has 0 aliphatic carbocycles. The number of carbonyl (C=O) groups is 1. The van der Waals surface area contributed by atoms with E-state index in [0.29, 0.717) is 24.1 Å². The Morgan fingerprint density at radius 3 is 3.14 bits per heavy atom. The largest absolute Gasteiger partial charge is 0.462 e. The summed E-state index contributed by atoms with van der Waals surface area (Å²) in [6.45, 7) is 5.47. The Labute approximate surface area is 125 Å². The molecule has 2 aliphatic rings. The van der Waals surface area contributed by atoms with Gasteiger partial charge in [-0.2, -0.15) is 0 Å². The first kappa shape index (κ1) is 14.4. The Kier molecular flexibility index (Phi) is 4.15. The molecule has 0 radical (unpaired) electrons. The summed E-state index contributed by atoms with van der Waals surface area (Å²) in [5, 5.41) is 3.54. The van der Waals surface area contributed by atoms with Crippen LogP contribution in [0.4, 0.5) is 5.69 Å². The monoisotopic (exact) mass is 289 g/mol. The predicted molar refractivity (Wildman–Crippen MR) is 81.5 cm³/mol. The fraction of sp³-hybridized carbons (Fsp3) is 0.588. The third-order valence-electron chi connectivity index (χ3n) is 4.42. The van der Waals surface area contributed by atoms with Gasteiger partial charge in [0.1, 0.15) is 0 Å². The van der Waals surface area contributed by atoms with Crippen molar-refractivity contribution in [3.63, 3.8) is 0 Å². The van der Waals surface area contributed by atoms with E-state index >= 15 is 0 Å². The van der Waals surface area contributed by atoms with Gasteiger partial charge in [0.15, 0.2) is 0 Å². The molecule has 0 amide bonds. The molecule has 0 spiro atoms. The second-order valence-electron chi connectivity index (χ2n) is 5.97. The first-order chi connectivity index (χ1) is 10.2. The van der Waals surface area contributed by atoms with Crippen LogP contribution in [-0.4, -0.2) is 25.2 Å². The van der Waals surface area contributed by atoms with Gasteiger partial charge in [-0.3, -0.25) is 0 Å². The van der Waals surface area contributed by atoms with Crippen molar-refractivity contribution in [2.24, 2.45) is 5.92 Å². The Morgan fingerprint density at radius 2 is 2.33 bits per heavy atom. The number of nitrogens with one attached hydrogen (secondary N) is 1. The second-order valence-corrected chi connectivity index (χ2v) is 5.97. The molecule has 1 aromatic carbocycles. The molecule has 21 heavy (non-hydrogen) atoms. The number of rotatable bonds is 3. The Bertz CT molecular complexity index is 529. The molecule has 1 saturated heterocycles. The minimum atomic E-state index is -0.245. The van der Waals surface area contributed by atoms with E-state index in [1.165, 1.54) is 6.42 Å². The van der Waals surface area contributed by atoms with Gasteiger partial charge < -0.3 is 14.8 Å². The van der Waals surface area contributed by atoms with Crippen LogP contribution < -0.4 is 5.32 Å². The fourth-order valence-electron chi connectivity index (χ4n) is 3.32. The molecule has 1 fully saturated rings. The van der Waals surface area contributed by atoms with Gasteiger partial charge in [0.25, 0.3) is 0 Å². The number of carbonyl (C=O) groups excluding carboxylic acids is 1. The predicted octanol–water partition coefficient (Wildman–Crippen LogP) is 3.54. The first-order valence-electron chi connectivity index (χ1n) is 7.90. The molecule has 2 heterocycles. The number of benzene rings is 1. The third-order valence-corrected chi connectivity index (χ3v) is 4.42. The average Bonchev–Trinajstić information content (AvgIpc) is 2.52. The first-order valence-corrected chi connectivity index (χ1v) is 7.90. The molecule has 2 aliphatic heterocycles. The van der Waals surface area contributed by atoms with Crippen LogP contribution in [0.5, 0.6) is 0 Å². The van der Waals surface area contributed by atoms with E-state index < -0.39 is 0 Å². The average molecular weight is 289 g/mol. The van der Waals surface area contributed by atoms with Crippen LogP contribution in [0.15, 0.2) is 18.2 Å². The van der Waals surface area contributed by atoms with Crippen LogP contribution in [0.25, 0.3) is 0 Å². The maximum atomic E-state index is 12.0. The SMILES string of the molecule is CCCOC(=O)c1ccc2c(c1)[C@H]1OCCC[C@H]1[C@@H](C)N2. The van der Waals surface area contributed by atoms with Gasteiger partial charge in [-0.05, 0) is 44.4 Å². The summed E-state index contributed by atoms with van der Waals surface area (Å²) in [7, 11) is 0. The van der Waals surface area contributed by atoms with Crippen LogP contribution in [0.3, 0.4) is 0 Å². The maximum absolute atomic E-state index is 12.0. The number of anilines is 1. The lowest BCUT2D eigenvalue weighted by molar-refractivity contribution is -0.0358. The van der Waals surface area contributed by atoms with Crippen LogP contribution in [-0.2, 0) is 9.47 Å². The van der Waals surface area contributed by atoms with E-state index in [1.807, 2.05) is 25.1 Å². The molecule has 0 unspecified atom stereocenters. The maximum Gasteiger partial charge on any atom is 0.338 e. The highest BCUT2D eigenvalue weighted by molar-refractivity contribution is 5.90. The van der Waals surface area contributed by atoms with Crippen LogP contribution in [0.2, 0.25) is 0 Å². The van der Waals surface area contributed by atoms with E-state index in [1.54, 1.807) is 0 Å². The smallest absolute Gasteiger partial charge is 0.338 e. The van der Waals surface area contributed by atoms with Crippen molar-refractivity contribution in [1.82, 2.24) is 0 Å². The molecule has 0 bridgehead atoms. The molecular formula is C17H23NO3. The molecule has 1 aromatic rings. The molecule has 4 nitrogen and oxygen atoms in total. The van der Waals surface area contributed by atoms with Gasteiger partial charge >= 0.3 is 5.97 Å². The summed E-state index contributed by atoms with van der Waals surface area (Å²) in [6, 6.07) is 6.15. The van der Waals surface area contributed by atoms with Gasteiger partial charge in [-0.25, -0.2) is 4.79 Å². The van der Waals surface area contributed by atoms with Gasteiger partial charge in [0.2, 0.25) is 0 Å². The zero-order valence-electron chi connectivity index (χ0n) is 12.7. The molecule has 1 N–H and O–H groups in total. The lowest BCUT2D eigenvalue weighted by atomic mass is 9.80. The number of hydrogen-bond donors (Lipinski definition) is 1. The van der Waals surface area contributed by atoms with Crippen molar-refractivity contribution in [2.45, 2.75) is 45.3 Å². The summed E-state index contributed by atoms with van der Waals surface area (Å²) in [4.78, 5) is 12.0. The Morgan fingerprint density at radius 1 is 1.48 bits per heavy atom. The van der Waals surface area contributed by atoms with Crippen LogP contribution in [0, 0.1) is 5.92 Å². The van der Waals surface area contributed by atoms with E-state index in [-0.39, 0.29) is 12.1 Å². The lowest BCUT2D eigenvalue weighted by Gasteiger charge is -2.42. The zero-order chi connectivity index (χ0) is 14.8. The quantitative estimate of drug-likeness (QED) is 0.865. The standard InChI is InChI=1S/C17H23NO3/c1-3-8-21-17(19)12-6-7-15-14(10-12)16-13(11(2)18-15)5-4-9-20-16/h6-7,10-11,13,16,18H,3-5,8-9H2,1-2H3/t11-,13+,16+/m1/s1. The highest BCUT2D eigenvalue weighted by Gasteiger charge is 2.37. The van der Waals surface area contributed by atoms with Crippen molar-refractivity contribution < 1.29 is 14.3 Å². The highest BCUT2D eigenvalue weighted by atomic mass is 16.5. The van der Waals surface area contributed by atoms with Crippen molar-refractivity contribution in [3.05, 3.63) is 29.3 Å². The summed E-state index contributed by atoms with van der Waals surface area (Å²) in [5.74, 6) is 0.235. The Hall–Kier alpha value is -1.55.